The molecule has 16 heavy (non-hydrogen) atoms. The number of hydrogen-bond donors (Lipinski definition) is 0. The first-order chi connectivity index (χ1) is 7.66. The Bertz CT molecular complexity index is 705. The number of imidazole rings is 1. The molecule has 3 aromatic rings. The average molecular weight is 227 g/mol. The molecule has 0 aliphatic heterocycles. The fourth-order valence-electron chi connectivity index (χ4n) is 1.91. The van der Waals surface area contributed by atoms with Crippen molar-refractivity contribution < 1.29 is 0 Å². The van der Waals surface area contributed by atoms with Crippen molar-refractivity contribution in [2.75, 3.05) is 0 Å². The summed E-state index contributed by atoms with van der Waals surface area (Å²) in [5.41, 5.74) is 3.39. The van der Waals surface area contributed by atoms with Gasteiger partial charge in [0.25, 0.3) is 0 Å². The maximum Gasteiger partial charge on any atom is 0.131 e. The first-order valence-corrected chi connectivity index (χ1v) is 5.22. The van der Waals surface area contributed by atoms with Crippen LogP contribution in [0, 0.1) is 6.92 Å². The first-order valence-electron chi connectivity index (χ1n) is 4.84. The van der Waals surface area contributed by atoms with Gasteiger partial charge in [0.05, 0.1) is 5.52 Å². The normalized spacial score (nSPS) is 11.4. The number of rotatable bonds is 0. The summed E-state index contributed by atoms with van der Waals surface area (Å²) in [6.07, 6.45) is 3.51. The van der Waals surface area contributed by atoms with Crippen LogP contribution in [0.5, 0.6) is 0 Å². The molecule has 0 fully saturated rings. The van der Waals surface area contributed by atoms with Crippen molar-refractivity contribution in [1.82, 2.24) is 14.4 Å². The molecule has 0 bridgehead atoms. The van der Waals surface area contributed by atoms with E-state index in [1.54, 1.807) is 12.4 Å². The molecular weight excluding hydrogens is 220 g/mol. The Morgan fingerprint density at radius 2 is 2.06 bits per heavy atom. The van der Waals surface area contributed by atoms with Crippen molar-refractivity contribution in [1.29, 1.82) is 0 Å². The second kappa shape index (κ2) is 3.22. The fourth-order valence-corrected chi connectivity index (χ4v) is 2.06. The van der Waals surface area contributed by atoms with Gasteiger partial charge in [0, 0.05) is 29.5 Å². The highest BCUT2D eigenvalue weighted by Gasteiger charge is 2.07. The fraction of sp³-hybridized carbons (Fsp3) is 0.0909. The van der Waals surface area contributed by atoms with Crippen LogP contribution in [-0.2, 0) is 0 Å². The van der Waals surface area contributed by atoms with Gasteiger partial charge in [-0.3, -0.25) is 4.40 Å². The summed E-state index contributed by atoms with van der Waals surface area (Å²) >= 11 is 5.90. The SMILES string of the molecule is [B]c1cc2cnc(Cl)cc2n2c(C)cnc12. The van der Waals surface area contributed by atoms with Crippen molar-refractivity contribution in [3.8, 4) is 0 Å². The van der Waals surface area contributed by atoms with Crippen LogP contribution in [0.2, 0.25) is 5.15 Å². The molecule has 0 atom stereocenters. The van der Waals surface area contributed by atoms with E-state index in [4.69, 9.17) is 19.4 Å². The molecule has 76 valence electrons. The molecule has 3 aromatic heterocycles. The van der Waals surface area contributed by atoms with Crippen molar-refractivity contribution in [3.05, 3.63) is 35.4 Å². The predicted molar refractivity (Wildman–Crippen MR) is 65.6 cm³/mol. The van der Waals surface area contributed by atoms with Crippen LogP contribution < -0.4 is 5.46 Å². The van der Waals surface area contributed by atoms with Crippen LogP contribution in [0.25, 0.3) is 16.6 Å². The van der Waals surface area contributed by atoms with E-state index in [0.29, 0.717) is 10.6 Å². The van der Waals surface area contributed by atoms with E-state index in [-0.39, 0.29) is 0 Å². The van der Waals surface area contributed by atoms with E-state index in [1.807, 2.05) is 23.5 Å². The molecule has 0 aliphatic carbocycles. The molecule has 0 aromatic carbocycles. The van der Waals surface area contributed by atoms with Crippen molar-refractivity contribution in [3.63, 3.8) is 0 Å². The Morgan fingerprint density at radius 3 is 2.88 bits per heavy atom. The summed E-state index contributed by atoms with van der Waals surface area (Å²) in [6, 6.07) is 3.68. The highest BCUT2D eigenvalue weighted by atomic mass is 35.5. The molecule has 0 N–H and O–H groups in total. The lowest BCUT2D eigenvalue weighted by molar-refractivity contribution is 1.16. The molecule has 0 aliphatic rings. The lowest BCUT2D eigenvalue weighted by Crippen LogP contribution is -2.09. The molecule has 0 saturated heterocycles. The summed E-state index contributed by atoms with van der Waals surface area (Å²) in [5, 5.41) is 1.42. The van der Waals surface area contributed by atoms with Gasteiger partial charge in [-0.1, -0.05) is 23.1 Å². The number of hydrogen-bond acceptors (Lipinski definition) is 2. The topological polar surface area (TPSA) is 30.2 Å². The average Bonchev–Trinajstić information content (AvgIpc) is 2.63. The molecule has 3 nitrogen and oxygen atoms in total. The minimum atomic E-state index is 0.465. The van der Waals surface area contributed by atoms with Crippen LogP contribution in [0.15, 0.2) is 24.5 Å². The standard InChI is InChI=1S/C11H7BClN3/c1-6-4-15-11-8(12)2-7-5-14-10(13)3-9(7)16(6)11/h2-5H,1H3. The van der Waals surface area contributed by atoms with Gasteiger partial charge >= 0.3 is 0 Å². The molecule has 2 radical (unpaired) electrons. The van der Waals surface area contributed by atoms with Gasteiger partial charge in [-0.15, -0.1) is 0 Å². The number of aryl methyl sites for hydroxylation is 1. The number of pyridine rings is 2. The summed E-state index contributed by atoms with van der Waals surface area (Å²) < 4.78 is 1.98. The van der Waals surface area contributed by atoms with Gasteiger partial charge in [-0.25, -0.2) is 9.97 Å². The second-order valence-electron chi connectivity index (χ2n) is 3.72. The van der Waals surface area contributed by atoms with E-state index >= 15 is 0 Å². The third-order valence-electron chi connectivity index (χ3n) is 2.63. The van der Waals surface area contributed by atoms with Crippen molar-refractivity contribution >= 4 is 41.5 Å². The Kier molecular flexibility index (Phi) is 1.95. The lowest BCUT2D eigenvalue weighted by atomic mass is 9.96. The highest BCUT2D eigenvalue weighted by molar-refractivity contribution is 6.37. The molecule has 0 unspecified atom stereocenters. The minimum Gasteiger partial charge on any atom is -0.297 e. The number of halogens is 1. The van der Waals surface area contributed by atoms with Crippen molar-refractivity contribution in [2.45, 2.75) is 6.92 Å². The predicted octanol–water partition coefficient (Wildman–Crippen LogP) is 1.64. The van der Waals surface area contributed by atoms with Gasteiger partial charge in [0.2, 0.25) is 0 Å². The monoisotopic (exact) mass is 227 g/mol. The quantitative estimate of drug-likeness (QED) is 0.432. The van der Waals surface area contributed by atoms with Crippen LogP contribution in [0.1, 0.15) is 5.69 Å². The van der Waals surface area contributed by atoms with Gasteiger partial charge in [-0.05, 0) is 6.92 Å². The van der Waals surface area contributed by atoms with E-state index < -0.39 is 0 Å². The zero-order valence-corrected chi connectivity index (χ0v) is 9.36. The summed E-state index contributed by atoms with van der Waals surface area (Å²) in [7, 11) is 5.93. The molecule has 3 rings (SSSR count). The highest BCUT2D eigenvalue weighted by Crippen LogP contribution is 2.18. The molecule has 5 heteroatoms. The molecule has 0 saturated carbocycles. The number of aromatic nitrogens is 3. The Hall–Kier alpha value is -1.55. The van der Waals surface area contributed by atoms with E-state index in [1.165, 1.54) is 0 Å². The summed E-state index contributed by atoms with van der Waals surface area (Å²) in [4.78, 5) is 8.32. The van der Waals surface area contributed by atoms with Crippen LogP contribution >= 0.6 is 11.6 Å². The molecule has 0 spiro atoms. The lowest BCUT2D eigenvalue weighted by Gasteiger charge is -2.06. The second-order valence-corrected chi connectivity index (χ2v) is 4.11. The Labute approximate surface area is 98.5 Å². The maximum atomic E-state index is 5.93. The molecule has 3 heterocycles. The third kappa shape index (κ3) is 1.23. The van der Waals surface area contributed by atoms with Crippen LogP contribution in [0.4, 0.5) is 0 Å². The maximum absolute atomic E-state index is 5.93. The smallest absolute Gasteiger partial charge is 0.131 e. The summed E-state index contributed by atoms with van der Waals surface area (Å²) in [5.74, 6) is 0. The Balaban J connectivity index is 2.64. The molecule has 0 amide bonds. The van der Waals surface area contributed by atoms with Gasteiger partial charge in [0.1, 0.15) is 18.6 Å². The van der Waals surface area contributed by atoms with Gasteiger partial charge in [0.15, 0.2) is 0 Å². The van der Waals surface area contributed by atoms with Crippen LogP contribution in [-0.4, -0.2) is 22.2 Å². The first kappa shape index (κ1) is 9.66. The van der Waals surface area contributed by atoms with E-state index in [9.17, 15) is 0 Å². The van der Waals surface area contributed by atoms with E-state index in [2.05, 4.69) is 9.97 Å². The minimum absolute atomic E-state index is 0.465. The zero-order chi connectivity index (χ0) is 11.3. The van der Waals surface area contributed by atoms with Gasteiger partial charge in [-0.2, -0.15) is 0 Å². The van der Waals surface area contributed by atoms with Gasteiger partial charge < -0.3 is 0 Å². The molecular formula is C11H7BClN3. The van der Waals surface area contributed by atoms with Crippen molar-refractivity contribution in [2.24, 2.45) is 0 Å². The number of fused-ring (bicyclic) bond motifs is 3. The van der Waals surface area contributed by atoms with Crippen LogP contribution in [0.3, 0.4) is 0 Å². The van der Waals surface area contributed by atoms with E-state index in [0.717, 1.165) is 22.2 Å². The summed E-state index contributed by atoms with van der Waals surface area (Å²) in [6.45, 7) is 1.98. The Morgan fingerprint density at radius 1 is 1.25 bits per heavy atom. The number of nitrogens with zero attached hydrogens (tertiary/aromatic N) is 3. The third-order valence-corrected chi connectivity index (χ3v) is 2.83. The largest absolute Gasteiger partial charge is 0.297 e. The zero-order valence-electron chi connectivity index (χ0n) is 8.61.